The number of carbonyl (C=O) groups excluding carboxylic acids is 3. The van der Waals surface area contributed by atoms with Crippen molar-refractivity contribution in [2.75, 3.05) is 12.0 Å². The number of ether oxygens (including phenoxy) is 2. The molecule has 4 amide bonds. The van der Waals surface area contributed by atoms with Gasteiger partial charge < -0.3 is 9.47 Å². The highest BCUT2D eigenvalue weighted by Crippen LogP contribution is 2.35. The van der Waals surface area contributed by atoms with Gasteiger partial charge in [0.1, 0.15) is 12.2 Å². The largest absolute Gasteiger partial charge is 0.493 e. The Morgan fingerprint density at radius 3 is 2.51 bits per heavy atom. The molecule has 0 aliphatic carbocycles. The number of rotatable bonds is 9. The van der Waals surface area contributed by atoms with Gasteiger partial charge in [0.2, 0.25) is 0 Å². The van der Waals surface area contributed by atoms with Crippen LogP contribution < -0.4 is 19.7 Å². The Bertz CT molecular complexity index is 1520. The van der Waals surface area contributed by atoms with Crippen molar-refractivity contribution in [1.82, 2.24) is 5.32 Å². The number of barbiturate groups is 1. The van der Waals surface area contributed by atoms with Crippen LogP contribution in [0, 0.1) is 10.1 Å². The molecule has 4 rings (SSSR count). The molecule has 1 aliphatic rings. The zero-order chi connectivity index (χ0) is 28.1. The average molecular weight is 548 g/mol. The summed E-state index contributed by atoms with van der Waals surface area (Å²) in [7, 11) is 1.46. The van der Waals surface area contributed by atoms with Gasteiger partial charge in [-0.05, 0) is 54.0 Å². The van der Waals surface area contributed by atoms with E-state index in [0.717, 1.165) is 11.6 Å². The number of halogens is 1. The topological polar surface area (TPSA) is 128 Å². The molecule has 1 fully saturated rings. The molecule has 3 aromatic rings. The van der Waals surface area contributed by atoms with Gasteiger partial charge >= 0.3 is 6.03 Å². The monoisotopic (exact) mass is 547 g/mol. The molecule has 0 atom stereocenters. The number of benzene rings is 3. The van der Waals surface area contributed by atoms with Gasteiger partial charge in [-0.15, -0.1) is 6.58 Å². The van der Waals surface area contributed by atoms with Gasteiger partial charge in [0.25, 0.3) is 17.5 Å². The summed E-state index contributed by atoms with van der Waals surface area (Å²) in [6.07, 6.45) is 3.37. The number of allylic oxidation sites excluding steroid dienone is 1. The molecule has 10 nitrogen and oxygen atoms in total. The number of hydrogen-bond acceptors (Lipinski definition) is 7. The minimum Gasteiger partial charge on any atom is -0.493 e. The Morgan fingerprint density at radius 2 is 1.85 bits per heavy atom. The molecule has 1 N–H and O–H groups in total. The fourth-order valence-electron chi connectivity index (χ4n) is 3.93. The summed E-state index contributed by atoms with van der Waals surface area (Å²) >= 11 is 5.95. The highest BCUT2D eigenvalue weighted by Gasteiger charge is 2.37. The number of nitrogens with one attached hydrogen (secondary N) is 1. The first-order chi connectivity index (χ1) is 18.7. The highest BCUT2D eigenvalue weighted by molar-refractivity contribution is 6.39. The maximum absolute atomic E-state index is 13.3. The predicted octanol–water partition coefficient (Wildman–Crippen LogP) is 5.23. The normalized spacial score (nSPS) is 14.3. The second kappa shape index (κ2) is 11.6. The van der Waals surface area contributed by atoms with Crippen LogP contribution in [0.4, 0.5) is 16.2 Å². The number of hydrogen-bond donors (Lipinski definition) is 1. The van der Waals surface area contributed by atoms with Gasteiger partial charge in [0.05, 0.1) is 17.7 Å². The van der Waals surface area contributed by atoms with Crippen molar-refractivity contribution < 1.29 is 28.8 Å². The molecule has 0 bridgehead atoms. The standard InChI is InChI=1S/C28H22ClN3O7/c1-3-5-19-12-18(14-24(38-2)25(19)39-16-17-8-10-20(29)11-9-17)13-23-26(33)30-28(35)31(27(23)34)21-6-4-7-22(15-21)32(36)37/h3-4,6-15H,1,5,16H2,2H3,(H,30,33,35)/b23-13+. The average Bonchev–Trinajstić information content (AvgIpc) is 2.91. The van der Waals surface area contributed by atoms with E-state index >= 15 is 0 Å². The van der Waals surface area contributed by atoms with Crippen LogP contribution in [0.15, 0.2) is 78.9 Å². The molecule has 0 aromatic heterocycles. The van der Waals surface area contributed by atoms with Gasteiger partial charge in [0.15, 0.2) is 11.5 Å². The predicted molar refractivity (Wildman–Crippen MR) is 145 cm³/mol. The quantitative estimate of drug-likeness (QED) is 0.128. The first-order valence-electron chi connectivity index (χ1n) is 11.6. The zero-order valence-electron chi connectivity index (χ0n) is 20.7. The van der Waals surface area contributed by atoms with Crippen LogP contribution in [0.3, 0.4) is 0 Å². The summed E-state index contributed by atoms with van der Waals surface area (Å²) in [6.45, 7) is 4.02. The Labute approximate surface area is 228 Å². The summed E-state index contributed by atoms with van der Waals surface area (Å²) in [6, 6.07) is 14.5. The number of urea groups is 1. The van der Waals surface area contributed by atoms with Crippen LogP contribution in [-0.2, 0) is 22.6 Å². The molecular weight excluding hydrogens is 526 g/mol. The molecule has 0 saturated carbocycles. The van der Waals surface area contributed by atoms with Gasteiger partial charge in [-0.3, -0.25) is 25.0 Å². The lowest BCUT2D eigenvalue weighted by Crippen LogP contribution is -2.54. The van der Waals surface area contributed by atoms with Crippen LogP contribution in [0.5, 0.6) is 11.5 Å². The number of nitro benzene ring substituents is 1. The number of amides is 4. The number of nitrogens with zero attached hydrogens (tertiary/aromatic N) is 2. The molecule has 198 valence electrons. The number of methoxy groups -OCH3 is 1. The first kappa shape index (κ1) is 27.1. The van der Waals surface area contributed by atoms with Crippen LogP contribution >= 0.6 is 11.6 Å². The summed E-state index contributed by atoms with van der Waals surface area (Å²) in [5, 5.41) is 13.9. The summed E-state index contributed by atoms with van der Waals surface area (Å²) < 4.78 is 11.6. The van der Waals surface area contributed by atoms with E-state index in [2.05, 4.69) is 11.9 Å². The van der Waals surface area contributed by atoms with Crippen LogP contribution in [0.1, 0.15) is 16.7 Å². The smallest absolute Gasteiger partial charge is 0.335 e. The van der Waals surface area contributed by atoms with Crippen LogP contribution in [0.25, 0.3) is 6.08 Å². The molecular formula is C28H22ClN3O7. The number of carbonyl (C=O) groups is 3. The SMILES string of the molecule is C=CCc1cc(/C=C2\C(=O)NC(=O)N(c3cccc([N+](=O)[O-])c3)C2=O)cc(OC)c1OCc1ccc(Cl)cc1. The number of anilines is 1. The van der Waals surface area contributed by atoms with Crippen molar-refractivity contribution in [3.05, 3.63) is 111 Å². The van der Waals surface area contributed by atoms with Crippen molar-refractivity contribution in [3.63, 3.8) is 0 Å². The first-order valence-corrected chi connectivity index (χ1v) is 11.9. The third kappa shape index (κ3) is 5.97. The van der Waals surface area contributed by atoms with E-state index in [9.17, 15) is 24.5 Å². The summed E-state index contributed by atoms with van der Waals surface area (Å²) in [4.78, 5) is 49.6. The molecule has 0 unspecified atom stereocenters. The lowest BCUT2D eigenvalue weighted by molar-refractivity contribution is -0.384. The summed E-state index contributed by atoms with van der Waals surface area (Å²) in [5.41, 5.74) is 1.27. The molecule has 3 aromatic carbocycles. The molecule has 1 heterocycles. The number of imide groups is 2. The van der Waals surface area contributed by atoms with E-state index in [4.69, 9.17) is 21.1 Å². The van der Waals surface area contributed by atoms with Gasteiger partial charge in [-0.2, -0.15) is 0 Å². The minimum absolute atomic E-state index is 0.0547. The Kier molecular flexibility index (Phi) is 8.07. The Hall–Kier alpha value is -4.96. The van der Waals surface area contributed by atoms with Crippen molar-refractivity contribution in [2.45, 2.75) is 13.0 Å². The van der Waals surface area contributed by atoms with Gasteiger partial charge in [-0.1, -0.05) is 35.9 Å². The molecule has 39 heavy (non-hydrogen) atoms. The number of nitro groups is 1. The third-order valence-corrected chi connectivity index (χ3v) is 6.00. The lowest BCUT2D eigenvalue weighted by Gasteiger charge is -2.26. The Balaban J connectivity index is 1.70. The van der Waals surface area contributed by atoms with Crippen molar-refractivity contribution in [1.29, 1.82) is 0 Å². The van der Waals surface area contributed by atoms with E-state index in [1.165, 1.54) is 31.4 Å². The number of non-ortho nitro benzene ring substituents is 1. The summed E-state index contributed by atoms with van der Waals surface area (Å²) in [5.74, 6) is -1.02. The van der Waals surface area contributed by atoms with E-state index in [1.54, 1.807) is 30.3 Å². The molecule has 0 spiro atoms. The maximum atomic E-state index is 13.3. The third-order valence-electron chi connectivity index (χ3n) is 5.75. The van der Waals surface area contributed by atoms with Crippen molar-refractivity contribution in [3.8, 4) is 11.5 Å². The second-order valence-electron chi connectivity index (χ2n) is 8.35. The maximum Gasteiger partial charge on any atom is 0.335 e. The fourth-order valence-corrected chi connectivity index (χ4v) is 4.06. The second-order valence-corrected chi connectivity index (χ2v) is 8.79. The van der Waals surface area contributed by atoms with E-state index < -0.39 is 22.8 Å². The fraction of sp³-hybridized carbons (Fsp3) is 0.107. The zero-order valence-corrected chi connectivity index (χ0v) is 21.4. The van der Waals surface area contributed by atoms with Gasteiger partial charge in [0, 0.05) is 22.7 Å². The molecule has 1 aliphatic heterocycles. The molecule has 11 heteroatoms. The van der Waals surface area contributed by atoms with E-state index in [1.807, 2.05) is 12.1 Å². The molecule has 0 radical (unpaired) electrons. The van der Waals surface area contributed by atoms with E-state index in [-0.39, 0.29) is 23.6 Å². The lowest BCUT2D eigenvalue weighted by atomic mass is 10.0. The van der Waals surface area contributed by atoms with Gasteiger partial charge in [-0.25, -0.2) is 9.69 Å². The van der Waals surface area contributed by atoms with E-state index in [0.29, 0.717) is 39.0 Å². The molecule has 1 saturated heterocycles. The minimum atomic E-state index is -1.02. The van der Waals surface area contributed by atoms with Crippen LogP contribution in [-0.4, -0.2) is 29.9 Å². The highest BCUT2D eigenvalue weighted by atomic mass is 35.5. The van der Waals surface area contributed by atoms with Crippen molar-refractivity contribution >= 4 is 46.9 Å². The van der Waals surface area contributed by atoms with Crippen LogP contribution in [0.2, 0.25) is 5.02 Å². The van der Waals surface area contributed by atoms with Crippen molar-refractivity contribution in [2.24, 2.45) is 0 Å². The Morgan fingerprint density at radius 1 is 1.10 bits per heavy atom.